The Hall–Kier alpha value is -2.13. The SMILES string of the molecule is C=C(C)C(=O)OCC[N+](C)(C)C1C(=C)C=Cc2ccccc21. The second kappa shape index (κ2) is 6.32. The van der Waals surface area contributed by atoms with E-state index in [1.807, 2.05) is 6.07 Å². The number of rotatable bonds is 5. The maximum Gasteiger partial charge on any atom is 0.333 e. The van der Waals surface area contributed by atoms with Crippen molar-refractivity contribution in [3.8, 4) is 0 Å². The summed E-state index contributed by atoms with van der Waals surface area (Å²) in [7, 11) is 4.28. The largest absolute Gasteiger partial charge is 0.456 e. The normalized spacial score (nSPS) is 17.0. The highest BCUT2D eigenvalue weighted by Crippen LogP contribution is 2.38. The van der Waals surface area contributed by atoms with Crippen molar-refractivity contribution in [2.24, 2.45) is 0 Å². The molecule has 0 saturated carbocycles. The fourth-order valence-electron chi connectivity index (χ4n) is 2.85. The van der Waals surface area contributed by atoms with E-state index in [-0.39, 0.29) is 12.0 Å². The van der Waals surface area contributed by atoms with Gasteiger partial charge in [-0.2, -0.15) is 0 Å². The molecule has 0 bridgehead atoms. The average Bonchev–Trinajstić information content (AvgIpc) is 2.46. The number of fused-ring (bicyclic) bond motifs is 1. The zero-order chi connectivity index (χ0) is 16.3. The van der Waals surface area contributed by atoms with E-state index >= 15 is 0 Å². The van der Waals surface area contributed by atoms with Gasteiger partial charge in [-0.1, -0.05) is 49.6 Å². The van der Waals surface area contributed by atoms with Crippen LogP contribution < -0.4 is 0 Å². The lowest BCUT2D eigenvalue weighted by Crippen LogP contribution is -2.46. The minimum absolute atomic E-state index is 0.171. The maximum atomic E-state index is 11.5. The number of nitrogens with zero attached hydrogens (tertiary/aromatic N) is 1. The molecular weight excluding hydrogens is 274 g/mol. The summed E-state index contributed by atoms with van der Waals surface area (Å²) >= 11 is 0. The van der Waals surface area contributed by atoms with Gasteiger partial charge in [-0.15, -0.1) is 0 Å². The molecule has 0 heterocycles. The highest BCUT2D eigenvalue weighted by Gasteiger charge is 2.34. The van der Waals surface area contributed by atoms with Crippen LogP contribution >= 0.6 is 0 Å². The molecular formula is C19H24NO2+. The summed E-state index contributed by atoms with van der Waals surface area (Å²) in [5.41, 5.74) is 4.01. The summed E-state index contributed by atoms with van der Waals surface area (Å²) in [5.74, 6) is -0.331. The van der Waals surface area contributed by atoms with Crippen molar-refractivity contribution in [1.29, 1.82) is 0 Å². The van der Waals surface area contributed by atoms with E-state index in [9.17, 15) is 4.79 Å². The standard InChI is InChI=1S/C19H24NO2/c1-14(2)19(21)22-13-12-20(4,5)18-15(3)10-11-16-8-6-7-9-17(16)18/h6-11,18H,1,3,12-13H2,2,4-5H3/q+1. The summed E-state index contributed by atoms with van der Waals surface area (Å²) in [6.07, 6.45) is 4.18. The fourth-order valence-corrected chi connectivity index (χ4v) is 2.85. The number of likely N-dealkylation sites (N-methyl/N-ethyl adjacent to an activating group) is 1. The predicted octanol–water partition coefficient (Wildman–Crippen LogP) is 3.51. The second-order valence-corrected chi connectivity index (χ2v) is 6.36. The average molecular weight is 298 g/mol. The highest BCUT2D eigenvalue weighted by molar-refractivity contribution is 5.86. The summed E-state index contributed by atoms with van der Waals surface area (Å²) in [6, 6.07) is 8.54. The molecule has 1 aliphatic carbocycles. The minimum atomic E-state index is -0.331. The zero-order valence-corrected chi connectivity index (χ0v) is 13.6. The van der Waals surface area contributed by atoms with Gasteiger partial charge in [0.2, 0.25) is 0 Å². The molecule has 1 aromatic carbocycles. The molecule has 0 N–H and O–H groups in total. The third-order valence-electron chi connectivity index (χ3n) is 4.07. The molecule has 116 valence electrons. The van der Waals surface area contributed by atoms with Gasteiger partial charge in [-0.3, -0.25) is 0 Å². The Labute approximate surface area is 132 Å². The summed E-state index contributed by atoms with van der Waals surface area (Å²) < 4.78 is 5.94. The predicted molar refractivity (Wildman–Crippen MR) is 90.1 cm³/mol. The van der Waals surface area contributed by atoms with E-state index < -0.39 is 0 Å². The maximum absolute atomic E-state index is 11.5. The Balaban J connectivity index is 2.14. The van der Waals surface area contributed by atoms with Gasteiger partial charge in [0, 0.05) is 16.7 Å². The number of carbonyl (C=O) groups is 1. The van der Waals surface area contributed by atoms with E-state index in [0.29, 0.717) is 23.2 Å². The molecule has 1 aliphatic rings. The van der Waals surface area contributed by atoms with Gasteiger partial charge in [-0.05, 0) is 12.5 Å². The van der Waals surface area contributed by atoms with E-state index in [1.165, 1.54) is 11.1 Å². The van der Waals surface area contributed by atoms with Crippen molar-refractivity contribution < 1.29 is 14.0 Å². The second-order valence-electron chi connectivity index (χ2n) is 6.36. The minimum Gasteiger partial charge on any atom is -0.456 e. The van der Waals surface area contributed by atoms with Gasteiger partial charge >= 0.3 is 5.97 Å². The summed E-state index contributed by atoms with van der Waals surface area (Å²) in [4.78, 5) is 11.5. The number of carbonyl (C=O) groups excluding carboxylic acids is 1. The molecule has 2 rings (SSSR count). The van der Waals surface area contributed by atoms with E-state index in [4.69, 9.17) is 4.74 Å². The molecule has 0 saturated heterocycles. The number of benzene rings is 1. The molecule has 1 atom stereocenters. The quantitative estimate of drug-likeness (QED) is 0.472. The van der Waals surface area contributed by atoms with Gasteiger partial charge in [0.1, 0.15) is 19.2 Å². The van der Waals surface area contributed by atoms with Crippen LogP contribution in [0.15, 0.2) is 54.6 Å². The van der Waals surface area contributed by atoms with Gasteiger partial charge in [0.15, 0.2) is 0 Å². The summed E-state index contributed by atoms with van der Waals surface area (Å²) in [5, 5.41) is 0. The number of hydrogen-bond acceptors (Lipinski definition) is 2. The molecule has 0 aromatic heterocycles. The van der Waals surface area contributed by atoms with Crippen molar-refractivity contribution in [1.82, 2.24) is 0 Å². The Morgan fingerprint density at radius 2 is 1.95 bits per heavy atom. The summed E-state index contributed by atoms with van der Waals surface area (Å²) in [6.45, 7) is 10.5. The number of quaternary nitrogens is 1. The first-order valence-corrected chi connectivity index (χ1v) is 7.44. The third-order valence-corrected chi connectivity index (χ3v) is 4.07. The molecule has 1 aromatic rings. The van der Waals surface area contributed by atoms with Crippen molar-refractivity contribution >= 4 is 12.0 Å². The van der Waals surface area contributed by atoms with Crippen LogP contribution in [0.4, 0.5) is 0 Å². The lowest BCUT2D eigenvalue weighted by molar-refractivity contribution is -0.915. The van der Waals surface area contributed by atoms with Crippen LogP contribution in [0.3, 0.4) is 0 Å². The van der Waals surface area contributed by atoms with Crippen molar-refractivity contribution in [2.75, 3.05) is 27.2 Å². The first-order chi connectivity index (χ1) is 10.3. The smallest absolute Gasteiger partial charge is 0.333 e. The third kappa shape index (κ3) is 3.37. The zero-order valence-electron chi connectivity index (χ0n) is 13.6. The molecule has 0 spiro atoms. The fraction of sp³-hybridized carbons (Fsp3) is 0.316. The van der Waals surface area contributed by atoms with Crippen LogP contribution in [0.2, 0.25) is 0 Å². The first kappa shape index (κ1) is 16.2. The van der Waals surface area contributed by atoms with Crippen LogP contribution in [0, 0.1) is 0 Å². The van der Waals surface area contributed by atoms with Gasteiger partial charge in [0.25, 0.3) is 0 Å². The number of esters is 1. The van der Waals surface area contributed by atoms with Crippen molar-refractivity contribution in [2.45, 2.75) is 13.0 Å². The monoisotopic (exact) mass is 298 g/mol. The van der Waals surface area contributed by atoms with Gasteiger partial charge in [-0.25, -0.2) is 4.79 Å². The Morgan fingerprint density at radius 1 is 1.27 bits per heavy atom. The molecule has 1 unspecified atom stereocenters. The van der Waals surface area contributed by atoms with Gasteiger partial charge in [0.05, 0.1) is 14.1 Å². The molecule has 3 nitrogen and oxygen atoms in total. The number of hydrogen-bond donors (Lipinski definition) is 0. The van der Waals surface area contributed by atoms with Crippen molar-refractivity contribution in [3.05, 3.63) is 65.8 Å². The van der Waals surface area contributed by atoms with Crippen LogP contribution in [0.1, 0.15) is 24.1 Å². The van der Waals surface area contributed by atoms with Crippen LogP contribution in [-0.4, -0.2) is 37.7 Å². The van der Waals surface area contributed by atoms with Crippen LogP contribution in [0.5, 0.6) is 0 Å². The van der Waals surface area contributed by atoms with E-state index in [0.717, 1.165) is 5.57 Å². The van der Waals surface area contributed by atoms with Gasteiger partial charge < -0.3 is 9.22 Å². The first-order valence-electron chi connectivity index (χ1n) is 7.44. The Morgan fingerprint density at radius 3 is 2.64 bits per heavy atom. The van der Waals surface area contributed by atoms with Crippen LogP contribution in [-0.2, 0) is 9.53 Å². The number of ether oxygens (including phenoxy) is 1. The molecule has 0 radical (unpaired) electrons. The highest BCUT2D eigenvalue weighted by atomic mass is 16.5. The lowest BCUT2D eigenvalue weighted by Gasteiger charge is -2.40. The Kier molecular flexibility index (Phi) is 4.67. The molecule has 3 heteroatoms. The molecule has 0 aliphatic heterocycles. The van der Waals surface area contributed by atoms with E-state index in [2.05, 4.69) is 57.6 Å². The lowest BCUT2D eigenvalue weighted by atomic mass is 9.87. The Bertz CT molecular complexity index is 641. The van der Waals surface area contributed by atoms with Crippen LogP contribution in [0.25, 0.3) is 6.08 Å². The molecule has 0 amide bonds. The molecule has 0 fully saturated rings. The van der Waals surface area contributed by atoms with Crippen molar-refractivity contribution in [3.63, 3.8) is 0 Å². The van der Waals surface area contributed by atoms with E-state index in [1.54, 1.807) is 6.92 Å². The topological polar surface area (TPSA) is 26.3 Å². The molecule has 22 heavy (non-hydrogen) atoms.